The Morgan fingerprint density at radius 3 is 2.60 bits per heavy atom. The van der Waals surface area contributed by atoms with Crippen molar-refractivity contribution in [1.29, 1.82) is 0 Å². The van der Waals surface area contributed by atoms with Crippen LogP contribution in [-0.2, 0) is 0 Å². The van der Waals surface area contributed by atoms with Crippen molar-refractivity contribution in [3.8, 4) is 0 Å². The molecule has 0 fully saturated rings. The number of anilines is 1. The minimum absolute atomic E-state index is 0.119. The topological polar surface area (TPSA) is 136 Å². The zero-order chi connectivity index (χ0) is 20.9. The fourth-order valence-electron chi connectivity index (χ4n) is 2.65. The Morgan fingerprint density at radius 1 is 1.00 bits per heavy atom. The van der Waals surface area contributed by atoms with Gasteiger partial charge < -0.3 is 0 Å². The Morgan fingerprint density at radius 2 is 1.80 bits per heavy atom. The molecule has 0 saturated heterocycles. The van der Waals surface area contributed by atoms with Gasteiger partial charge in [0.2, 0.25) is 5.82 Å². The zero-order valence-corrected chi connectivity index (χ0v) is 16.0. The zero-order valence-electron chi connectivity index (χ0n) is 15.2. The van der Waals surface area contributed by atoms with Crippen LogP contribution in [0, 0.1) is 10.1 Å². The number of benzene rings is 1. The molecular weight excluding hydrogens is 406 g/mol. The number of hydrogen-bond donors (Lipinski definition) is 2. The number of nitrogens with one attached hydrogen (secondary N) is 2. The van der Waals surface area contributed by atoms with Crippen molar-refractivity contribution < 1.29 is 9.72 Å². The first kappa shape index (κ1) is 19.2. The molecule has 0 aliphatic carbocycles. The van der Waals surface area contributed by atoms with Crippen molar-refractivity contribution in [2.75, 3.05) is 5.43 Å². The lowest BCUT2D eigenvalue weighted by molar-refractivity contribution is -0.387. The van der Waals surface area contributed by atoms with Gasteiger partial charge in [-0.2, -0.15) is 0 Å². The van der Waals surface area contributed by atoms with E-state index in [1.807, 2.05) is 30.3 Å². The third-order valence-electron chi connectivity index (χ3n) is 4.01. The highest BCUT2D eigenvalue weighted by Gasteiger charge is 2.25. The molecule has 3 heterocycles. The molecule has 1 amide bonds. The largest absolute Gasteiger partial charge is 0.345 e. The number of carbonyl (C=O) groups excluding carboxylic acids is 1. The Balaban J connectivity index is 1.63. The number of aromatic nitrogens is 4. The van der Waals surface area contributed by atoms with Crippen LogP contribution in [0.4, 0.5) is 11.5 Å². The van der Waals surface area contributed by atoms with E-state index in [4.69, 9.17) is 0 Å². The molecule has 3 aromatic heterocycles. The predicted octanol–water partition coefficient (Wildman–Crippen LogP) is 3.24. The highest BCUT2D eigenvalue weighted by atomic mass is 32.2. The number of hydrogen-bond acceptors (Lipinski definition) is 9. The first-order chi connectivity index (χ1) is 14.6. The van der Waals surface area contributed by atoms with Gasteiger partial charge in [0.1, 0.15) is 6.33 Å². The third kappa shape index (κ3) is 4.00. The number of amides is 1. The lowest BCUT2D eigenvalue weighted by Gasteiger charge is -2.10. The van der Waals surface area contributed by atoms with Crippen LogP contribution in [0.2, 0.25) is 0 Å². The van der Waals surface area contributed by atoms with Crippen LogP contribution >= 0.6 is 11.8 Å². The van der Waals surface area contributed by atoms with Crippen molar-refractivity contribution in [3.05, 3.63) is 83.1 Å². The number of nitro groups is 1. The summed E-state index contributed by atoms with van der Waals surface area (Å²) in [7, 11) is 0. The van der Waals surface area contributed by atoms with Gasteiger partial charge in [0.25, 0.3) is 5.91 Å². The minimum Gasteiger partial charge on any atom is -0.276 e. The molecule has 10 nitrogen and oxygen atoms in total. The van der Waals surface area contributed by atoms with Gasteiger partial charge in [-0.15, -0.1) is 0 Å². The molecule has 0 atom stereocenters. The summed E-state index contributed by atoms with van der Waals surface area (Å²) in [5.74, 6) is -0.620. The first-order valence-corrected chi connectivity index (χ1v) is 9.42. The smallest absolute Gasteiger partial charge is 0.276 e. The summed E-state index contributed by atoms with van der Waals surface area (Å²) in [4.78, 5) is 40.2. The Hall–Kier alpha value is -4.12. The molecule has 4 rings (SSSR count). The molecule has 0 unspecified atom stereocenters. The maximum absolute atomic E-state index is 12.2. The number of hydrazine groups is 1. The monoisotopic (exact) mass is 419 g/mol. The Labute approximate surface area is 173 Å². The summed E-state index contributed by atoms with van der Waals surface area (Å²) in [5, 5.41) is 12.8. The first-order valence-electron chi connectivity index (χ1n) is 8.61. The van der Waals surface area contributed by atoms with E-state index in [1.165, 1.54) is 30.9 Å². The number of pyridine rings is 2. The van der Waals surface area contributed by atoms with Gasteiger partial charge in [-0.3, -0.25) is 35.7 Å². The lowest BCUT2D eigenvalue weighted by Crippen LogP contribution is -2.30. The number of fused-ring (bicyclic) bond motifs is 1. The van der Waals surface area contributed by atoms with Gasteiger partial charge in [-0.1, -0.05) is 30.0 Å². The maximum atomic E-state index is 12.2. The summed E-state index contributed by atoms with van der Waals surface area (Å²) in [6.45, 7) is 0. The minimum atomic E-state index is -0.595. The number of para-hydroxylation sites is 1. The van der Waals surface area contributed by atoms with E-state index in [1.54, 1.807) is 6.20 Å². The third-order valence-corrected chi connectivity index (χ3v) is 5.05. The van der Waals surface area contributed by atoms with Crippen LogP contribution in [0.25, 0.3) is 10.9 Å². The Kier molecular flexibility index (Phi) is 5.44. The molecule has 4 aromatic rings. The van der Waals surface area contributed by atoms with Gasteiger partial charge >= 0.3 is 5.69 Å². The molecule has 2 N–H and O–H groups in total. The second kappa shape index (κ2) is 8.49. The average Bonchev–Trinajstić information content (AvgIpc) is 2.78. The number of nitrogens with zero attached hydrogens (tertiary/aromatic N) is 5. The lowest BCUT2D eigenvalue weighted by atomic mass is 10.2. The molecule has 0 radical (unpaired) electrons. The van der Waals surface area contributed by atoms with Crippen LogP contribution in [0.1, 0.15) is 10.4 Å². The molecule has 0 saturated carbocycles. The van der Waals surface area contributed by atoms with E-state index >= 15 is 0 Å². The summed E-state index contributed by atoms with van der Waals surface area (Å²) in [6.07, 6.45) is 5.78. The van der Waals surface area contributed by atoms with Crippen LogP contribution in [0.5, 0.6) is 0 Å². The molecule has 0 aliphatic heterocycles. The van der Waals surface area contributed by atoms with Gasteiger partial charge in [0, 0.05) is 34.4 Å². The fourth-order valence-corrected chi connectivity index (χ4v) is 3.64. The molecule has 0 spiro atoms. The summed E-state index contributed by atoms with van der Waals surface area (Å²) in [5.41, 5.74) is 5.60. The van der Waals surface area contributed by atoms with Crippen LogP contribution in [0.15, 0.2) is 77.3 Å². The molecule has 148 valence electrons. The standard InChI is InChI=1S/C19H13N7O3S/c27-18(13-6-9-20-10-7-13)25-24-17-16(26(28)29)19(23-11-22-17)30-14-5-1-3-12-4-2-8-21-15(12)14/h1-11H,(H,25,27)(H,22,23,24). The van der Waals surface area contributed by atoms with Crippen molar-refractivity contribution in [2.24, 2.45) is 0 Å². The van der Waals surface area contributed by atoms with E-state index in [0.29, 0.717) is 16.0 Å². The second-order valence-electron chi connectivity index (χ2n) is 5.88. The van der Waals surface area contributed by atoms with E-state index in [-0.39, 0.29) is 16.5 Å². The van der Waals surface area contributed by atoms with Crippen molar-refractivity contribution in [1.82, 2.24) is 25.4 Å². The van der Waals surface area contributed by atoms with E-state index in [9.17, 15) is 14.9 Å². The maximum Gasteiger partial charge on any atom is 0.345 e. The number of rotatable bonds is 6. The van der Waals surface area contributed by atoms with Crippen LogP contribution in [-0.4, -0.2) is 30.8 Å². The SMILES string of the molecule is O=C(NNc1ncnc(Sc2cccc3cccnc23)c1[N+](=O)[O-])c1ccncc1. The van der Waals surface area contributed by atoms with Crippen molar-refractivity contribution >= 4 is 40.1 Å². The van der Waals surface area contributed by atoms with E-state index < -0.39 is 10.8 Å². The highest BCUT2D eigenvalue weighted by Crippen LogP contribution is 2.38. The van der Waals surface area contributed by atoms with Gasteiger partial charge in [-0.25, -0.2) is 9.97 Å². The molecule has 0 aliphatic rings. The van der Waals surface area contributed by atoms with Gasteiger partial charge in [0.05, 0.1) is 10.4 Å². The summed E-state index contributed by atoms with van der Waals surface area (Å²) in [6, 6.07) is 12.3. The molecule has 30 heavy (non-hydrogen) atoms. The van der Waals surface area contributed by atoms with E-state index in [0.717, 1.165) is 17.1 Å². The average molecular weight is 419 g/mol. The van der Waals surface area contributed by atoms with Crippen LogP contribution in [0.3, 0.4) is 0 Å². The second-order valence-corrected chi connectivity index (χ2v) is 6.91. The summed E-state index contributed by atoms with van der Waals surface area (Å²) < 4.78 is 0. The van der Waals surface area contributed by atoms with E-state index in [2.05, 4.69) is 30.8 Å². The Bertz CT molecular complexity index is 1230. The molecule has 11 heteroatoms. The van der Waals surface area contributed by atoms with Crippen molar-refractivity contribution in [2.45, 2.75) is 9.92 Å². The van der Waals surface area contributed by atoms with Crippen molar-refractivity contribution in [3.63, 3.8) is 0 Å². The predicted molar refractivity (Wildman–Crippen MR) is 110 cm³/mol. The normalized spacial score (nSPS) is 10.5. The number of carbonyl (C=O) groups is 1. The summed E-state index contributed by atoms with van der Waals surface area (Å²) >= 11 is 1.10. The molecule has 1 aromatic carbocycles. The van der Waals surface area contributed by atoms with Gasteiger partial charge in [-0.05, 0) is 24.3 Å². The molecule has 0 bridgehead atoms. The van der Waals surface area contributed by atoms with Gasteiger partial charge in [0.15, 0.2) is 5.03 Å². The quantitative estimate of drug-likeness (QED) is 0.274. The fraction of sp³-hybridized carbons (Fsp3) is 0. The van der Waals surface area contributed by atoms with Crippen LogP contribution < -0.4 is 10.9 Å². The molecular formula is C19H13N7O3S. The highest BCUT2D eigenvalue weighted by molar-refractivity contribution is 7.99.